The van der Waals surface area contributed by atoms with Crippen LogP contribution in [0.15, 0.2) is 18.2 Å². The summed E-state index contributed by atoms with van der Waals surface area (Å²) in [6.45, 7) is 2.00. The van der Waals surface area contributed by atoms with E-state index in [1.165, 1.54) is 6.07 Å². The Balaban J connectivity index is 2.98. The minimum Gasteiger partial charge on any atom is -0.465 e. The van der Waals surface area contributed by atoms with Gasteiger partial charge < -0.3 is 15.5 Å². The summed E-state index contributed by atoms with van der Waals surface area (Å²) < 4.78 is 0. The van der Waals surface area contributed by atoms with Gasteiger partial charge in [0.2, 0.25) is 0 Å². The molecule has 0 bridgehead atoms. The molecule has 2 atom stereocenters. The predicted octanol–water partition coefficient (Wildman–Crippen LogP) is 3.85. The number of aliphatic hydroxyl groups excluding tert-OH is 1. The number of hydrogen-bond donors (Lipinski definition) is 3. The molecule has 0 saturated heterocycles. The molecule has 1 rings (SSSR count). The number of unbranched alkanes of at least 4 members (excludes halogenated alkanes) is 1. The predicted molar refractivity (Wildman–Crippen MR) is 75.9 cm³/mol. The largest absolute Gasteiger partial charge is 0.465 e. The van der Waals surface area contributed by atoms with Crippen LogP contribution < -0.4 is 5.32 Å². The van der Waals surface area contributed by atoms with E-state index in [4.69, 9.17) is 28.3 Å². The molecule has 0 radical (unpaired) electrons. The Bertz CT molecular complexity index is 440. The van der Waals surface area contributed by atoms with Crippen LogP contribution in [0.1, 0.15) is 37.8 Å². The number of nitrogens with one attached hydrogen (secondary N) is 1. The molecular weight excluding hydrogens is 289 g/mol. The van der Waals surface area contributed by atoms with Gasteiger partial charge in [-0.2, -0.15) is 0 Å². The SMILES string of the molecule is CCCCC(O)C(NC(=O)O)c1ccc(Cl)cc1Cl. The highest BCUT2D eigenvalue weighted by Crippen LogP contribution is 2.29. The molecule has 0 heterocycles. The normalized spacial score (nSPS) is 13.9. The van der Waals surface area contributed by atoms with Crippen molar-refractivity contribution in [1.29, 1.82) is 0 Å². The van der Waals surface area contributed by atoms with E-state index in [0.717, 1.165) is 12.8 Å². The van der Waals surface area contributed by atoms with Crippen LogP contribution in [0, 0.1) is 0 Å². The van der Waals surface area contributed by atoms with Gasteiger partial charge in [0, 0.05) is 10.0 Å². The lowest BCUT2D eigenvalue weighted by Gasteiger charge is -2.24. The lowest BCUT2D eigenvalue weighted by atomic mass is 9.97. The molecule has 0 aromatic heterocycles. The Morgan fingerprint density at radius 2 is 2.11 bits per heavy atom. The molecule has 0 aliphatic heterocycles. The van der Waals surface area contributed by atoms with Crippen LogP contribution in [0.5, 0.6) is 0 Å². The number of aliphatic hydroxyl groups is 1. The first-order chi connectivity index (χ1) is 8.95. The summed E-state index contributed by atoms with van der Waals surface area (Å²) in [4.78, 5) is 10.8. The quantitative estimate of drug-likeness (QED) is 0.747. The molecule has 6 heteroatoms. The number of halogens is 2. The molecule has 0 aliphatic carbocycles. The summed E-state index contributed by atoms with van der Waals surface area (Å²) in [5, 5.41) is 22.1. The molecule has 0 aliphatic rings. The van der Waals surface area contributed by atoms with E-state index in [-0.39, 0.29) is 0 Å². The first-order valence-corrected chi connectivity index (χ1v) is 6.83. The smallest absolute Gasteiger partial charge is 0.405 e. The van der Waals surface area contributed by atoms with Crippen LogP contribution in [-0.4, -0.2) is 22.4 Å². The minimum atomic E-state index is -1.20. The summed E-state index contributed by atoms with van der Waals surface area (Å²) in [6.07, 6.45) is 0.205. The van der Waals surface area contributed by atoms with E-state index in [1.54, 1.807) is 12.1 Å². The van der Waals surface area contributed by atoms with Crippen molar-refractivity contribution in [3.05, 3.63) is 33.8 Å². The molecule has 0 fully saturated rings. The molecule has 1 aromatic rings. The number of carboxylic acid groups (broad SMARTS) is 1. The third-order valence-electron chi connectivity index (χ3n) is 2.81. The van der Waals surface area contributed by atoms with Gasteiger partial charge in [-0.1, -0.05) is 49.0 Å². The first kappa shape index (κ1) is 16.1. The second-order valence-corrected chi connectivity index (χ2v) is 5.15. The lowest BCUT2D eigenvalue weighted by molar-refractivity contribution is 0.110. The maximum atomic E-state index is 10.8. The van der Waals surface area contributed by atoms with E-state index >= 15 is 0 Å². The third-order valence-corrected chi connectivity index (χ3v) is 3.38. The van der Waals surface area contributed by atoms with Gasteiger partial charge in [-0.25, -0.2) is 4.79 Å². The summed E-state index contributed by atoms with van der Waals surface area (Å²) >= 11 is 11.9. The molecule has 106 valence electrons. The lowest BCUT2D eigenvalue weighted by Crippen LogP contribution is -2.35. The van der Waals surface area contributed by atoms with Crippen molar-refractivity contribution in [3.8, 4) is 0 Å². The first-order valence-electron chi connectivity index (χ1n) is 6.08. The van der Waals surface area contributed by atoms with E-state index in [1.807, 2.05) is 6.92 Å². The van der Waals surface area contributed by atoms with Crippen molar-refractivity contribution < 1.29 is 15.0 Å². The van der Waals surface area contributed by atoms with Crippen LogP contribution in [-0.2, 0) is 0 Å². The number of amides is 1. The van der Waals surface area contributed by atoms with Crippen molar-refractivity contribution in [2.75, 3.05) is 0 Å². The maximum Gasteiger partial charge on any atom is 0.405 e. The second kappa shape index (κ2) is 7.58. The second-order valence-electron chi connectivity index (χ2n) is 4.30. The van der Waals surface area contributed by atoms with Gasteiger partial charge in [-0.15, -0.1) is 0 Å². The molecule has 4 nitrogen and oxygen atoms in total. The fourth-order valence-corrected chi connectivity index (χ4v) is 2.37. The van der Waals surface area contributed by atoms with Crippen molar-refractivity contribution in [2.24, 2.45) is 0 Å². The number of hydrogen-bond acceptors (Lipinski definition) is 2. The Morgan fingerprint density at radius 1 is 1.42 bits per heavy atom. The average molecular weight is 306 g/mol. The van der Waals surface area contributed by atoms with Crippen LogP contribution in [0.2, 0.25) is 10.0 Å². The molecule has 19 heavy (non-hydrogen) atoms. The minimum absolute atomic E-state index is 0.335. The fourth-order valence-electron chi connectivity index (χ4n) is 1.85. The van der Waals surface area contributed by atoms with Gasteiger partial charge in [-0.3, -0.25) is 0 Å². The van der Waals surface area contributed by atoms with Crippen molar-refractivity contribution >= 4 is 29.3 Å². The van der Waals surface area contributed by atoms with Crippen LogP contribution in [0.25, 0.3) is 0 Å². The van der Waals surface area contributed by atoms with Gasteiger partial charge in [0.05, 0.1) is 12.1 Å². The number of carbonyl (C=O) groups is 1. The van der Waals surface area contributed by atoms with E-state index < -0.39 is 18.2 Å². The van der Waals surface area contributed by atoms with Crippen molar-refractivity contribution in [2.45, 2.75) is 38.3 Å². The molecule has 2 unspecified atom stereocenters. The summed E-state index contributed by atoms with van der Waals surface area (Å²) in [7, 11) is 0. The number of benzene rings is 1. The van der Waals surface area contributed by atoms with Gasteiger partial charge in [0.1, 0.15) is 0 Å². The zero-order valence-electron chi connectivity index (χ0n) is 10.6. The van der Waals surface area contributed by atoms with Gasteiger partial charge in [0.15, 0.2) is 0 Å². The molecule has 3 N–H and O–H groups in total. The summed E-state index contributed by atoms with van der Waals surface area (Å²) in [6, 6.07) is 4.02. The highest BCUT2D eigenvalue weighted by atomic mass is 35.5. The highest BCUT2D eigenvalue weighted by molar-refractivity contribution is 6.35. The molecule has 1 aromatic carbocycles. The Kier molecular flexibility index (Phi) is 6.42. The highest BCUT2D eigenvalue weighted by Gasteiger charge is 2.24. The summed E-state index contributed by atoms with van der Waals surface area (Å²) in [5.41, 5.74) is 0.525. The van der Waals surface area contributed by atoms with Crippen LogP contribution in [0.4, 0.5) is 4.79 Å². The van der Waals surface area contributed by atoms with Gasteiger partial charge >= 0.3 is 6.09 Å². The molecule has 1 amide bonds. The third kappa shape index (κ3) is 4.90. The zero-order chi connectivity index (χ0) is 14.4. The summed E-state index contributed by atoms with van der Waals surface area (Å²) in [5.74, 6) is 0. The monoisotopic (exact) mass is 305 g/mol. The van der Waals surface area contributed by atoms with Crippen LogP contribution in [0.3, 0.4) is 0 Å². The Morgan fingerprint density at radius 3 is 2.63 bits per heavy atom. The zero-order valence-corrected chi connectivity index (χ0v) is 12.1. The van der Waals surface area contributed by atoms with Crippen LogP contribution >= 0.6 is 23.2 Å². The average Bonchev–Trinajstić information content (AvgIpc) is 2.33. The van der Waals surface area contributed by atoms with E-state index in [9.17, 15) is 9.90 Å². The molecule has 0 spiro atoms. The fraction of sp³-hybridized carbons (Fsp3) is 0.462. The van der Waals surface area contributed by atoms with Gasteiger partial charge in [0.25, 0.3) is 0 Å². The molecule has 0 saturated carbocycles. The number of rotatable bonds is 6. The van der Waals surface area contributed by atoms with Gasteiger partial charge in [-0.05, 0) is 24.1 Å². The molecular formula is C13H17Cl2NO3. The topological polar surface area (TPSA) is 69.6 Å². The standard InChI is InChI=1S/C13H17Cl2NO3/c1-2-3-4-11(17)12(16-13(18)19)9-6-5-8(14)7-10(9)15/h5-7,11-12,16-17H,2-4H2,1H3,(H,18,19). The van der Waals surface area contributed by atoms with E-state index in [0.29, 0.717) is 22.0 Å². The van der Waals surface area contributed by atoms with E-state index in [2.05, 4.69) is 5.32 Å². The van der Waals surface area contributed by atoms with Crippen molar-refractivity contribution in [3.63, 3.8) is 0 Å². The Hall–Kier alpha value is -0.970. The maximum absolute atomic E-state index is 10.8. The Labute approximate surface area is 122 Å². The van der Waals surface area contributed by atoms with Crippen molar-refractivity contribution in [1.82, 2.24) is 5.32 Å².